The van der Waals surface area contributed by atoms with E-state index in [4.69, 9.17) is 22.7 Å². The first-order valence-corrected chi connectivity index (χ1v) is 6.58. The molecule has 0 saturated carbocycles. The van der Waals surface area contributed by atoms with Crippen LogP contribution >= 0.6 is 12.2 Å². The fourth-order valence-electron chi connectivity index (χ4n) is 1.83. The van der Waals surface area contributed by atoms with Gasteiger partial charge in [0.15, 0.2) is 0 Å². The predicted octanol–water partition coefficient (Wildman–Crippen LogP) is 2.12. The number of aryl methyl sites for hydroxylation is 1. The Morgan fingerprint density at radius 3 is 2.78 bits per heavy atom. The van der Waals surface area contributed by atoms with Gasteiger partial charge in [-0.25, -0.2) is 0 Å². The number of nitrogens with two attached hydrogens (primary N) is 1. The van der Waals surface area contributed by atoms with Crippen LogP contribution in [0.15, 0.2) is 24.3 Å². The van der Waals surface area contributed by atoms with Crippen molar-refractivity contribution in [1.29, 1.82) is 0 Å². The van der Waals surface area contributed by atoms with Crippen molar-refractivity contribution in [1.82, 2.24) is 4.90 Å². The zero-order valence-electron chi connectivity index (χ0n) is 11.2. The Balaban J connectivity index is 2.56. The van der Waals surface area contributed by atoms with E-state index in [-0.39, 0.29) is 0 Å². The molecule has 0 aromatic heterocycles. The van der Waals surface area contributed by atoms with Crippen molar-refractivity contribution in [3.8, 4) is 0 Å². The molecule has 2 N–H and O–H groups in total. The molecule has 0 heterocycles. The van der Waals surface area contributed by atoms with Crippen molar-refractivity contribution >= 4 is 17.2 Å². The van der Waals surface area contributed by atoms with Crippen molar-refractivity contribution in [3.05, 3.63) is 35.4 Å². The molecule has 0 bridgehead atoms. The summed E-state index contributed by atoms with van der Waals surface area (Å²) in [5.74, 6) is 0. The van der Waals surface area contributed by atoms with E-state index >= 15 is 0 Å². The van der Waals surface area contributed by atoms with Crippen LogP contribution in [0.1, 0.15) is 17.5 Å². The second-order valence-electron chi connectivity index (χ2n) is 4.47. The van der Waals surface area contributed by atoms with Gasteiger partial charge in [0.2, 0.25) is 0 Å². The average Bonchev–Trinajstić information content (AvgIpc) is 2.32. The second kappa shape index (κ2) is 8.19. The van der Waals surface area contributed by atoms with E-state index in [1.54, 1.807) is 7.11 Å². The lowest BCUT2D eigenvalue weighted by molar-refractivity contribution is 0.146. The number of ether oxygens (including phenoxy) is 1. The molecular weight excluding hydrogens is 244 g/mol. The van der Waals surface area contributed by atoms with Crippen LogP contribution in [0.25, 0.3) is 0 Å². The SMILES string of the molecule is COCCN(CCC(N)=S)Cc1cccc(C)c1. The van der Waals surface area contributed by atoms with Crippen molar-refractivity contribution < 1.29 is 4.74 Å². The highest BCUT2D eigenvalue weighted by Crippen LogP contribution is 2.08. The first kappa shape index (κ1) is 15.1. The molecule has 1 aromatic rings. The third kappa shape index (κ3) is 6.10. The van der Waals surface area contributed by atoms with E-state index in [0.29, 0.717) is 4.99 Å². The van der Waals surface area contributed by atoms with Gasteiger partial charge < -0.3 is 10.5 Å². The molecule has 0 aliphatic rings. The van der Waals surface area contributed by atoms with E-state index in [9.17, 15) is 0 Å². The maximum Gasteiger partial charge on any atom is 0.0740 e. The molecule has 100 valence electrons. The monoisotopic (exact) mass is 266 g/mol. The van der Waals surface area contributed by atoms with Crippen LogP contribution in [0.3, 0.4) is 0 Å². The first-order valence-electron chi connectivity index (χ1n) is 6.17. The Morgan fingerprint density at radius 1 is 1.39 bits per heavy atom. The maximum absolute atomic E-state index is 5.56. The second-order valence-corrected chi connectivity index (χ2v) is 5.00. The molecule has 0 amide bonds. The number of rotatable bonds is 8. The molecule has 0 radical (unpaired) electrons. The lowest BCUT2D eigenvalue weighted by Gasteiger charge is -2.22. The summed E-state index contributed by atoms with van der Waals surface area (Å²) in [6, 6.07) is 8.55. The van der Waals surface area contributed by atoms with Gasteiger partial charge in [0.05, 0.1) is 11.6 Å². The summed E-state index contributed by atoms with van der Waals surface area (Å²) < 4.78 is 5.13. The van der Waals surface area contributed by atoms with Gasteiger partial charge in [0, 0.05) is 33.2 Å². The van der Waals surface area contributed by atoms with Gasteiger partial charge in [-0.15, -0.1) is 0 Å². The Kier molecular flexibility index (Phi) is 6.86. The molecule has 18 heavy (non-hydrogen) atoms. The molecular formula is C14H22N2OS. The normalized spacial score (nSPS) is 10.8. The number of thiocarbonyl (C=S) groups is 1. The van der Waals surface area contributed by atoms with Crippen LogP contribution in [-0.4, -0.2) is 36.7 Å². The minimum absolute atomic E-state index is 0.571. The number of hydrogen-bond acceptors (Lipinski definition) is 3. The van der Waals surface area contributed by atoms with Gasteiger partial charge in [0.25, 0.3) is 0 Å². The van der Waals surface area contributed by atoms with E-state index in [0.717, 1.165) is 32.7 Å². The van der Waals surface area contributed by atoms with Crippen molar-refractivity contribution in [2.24, 2.45) is 5.73 Å². The minimum atomic E-state index is 0.571. The van der Waals surface area contributed by atoms with Crippen molar-refractivity contribution in [2.45, 2.75) is 19.9 Å². The molecule has 0 saturated heterocycles. The maximum atomic E-state index is 5.56. The van der Waals surface area contributed by atoms with Gasteiger partial charge in [-0.1, -0.05) is 42.0 Å². The van der Waals surface area contributed by atoms with Gasteiger partial charge in [-0.2, -0.15) is 0 Å². The molecule has 3 nitrogen and oxygen atoms in total. The van der Waals surface area contributed by atoms with Crippen molar-refractivity contribution in [3.63, 3.8) is 0 Å². The fourth-order valence-corrected chi connectivity index (χ4v) is 1.92. The molecule has 0 spiro atoms. The highest BCUT2D eigenvalue weighted by atomic mass is 32.1. The topological polar surface area (TPSA) is 38.5 Å². The molecule has 0 aliphatic heterocycles. The summed E-state index contributed by atoms with van der Waals surface area (Å²) in [6.07, 6.45) is 0.755. The summed E-state index contributed by atoms with van der Waals surface area (Å²) in [5, 5.41) is 0. The number of nitrogens with zero attached hydrogens (tertiary/aromatic N) is 1. The quantitative estimate of drug-likeness (QED) is 0.732. The van der Waals surface area contributed by atoms with Crippen LogP contribution in [0.2, 0.25) is 0 Å². The third-order valence-corrected chi connectivity index (χ3v) is 2.98. The average molecular weight is 266 g/mol. The summed E-state index contributed by atoms with van der Waals surface area (Å²) in [6.45, 7) is 5.52. The van der Waals surface area contributed by atoms with Crippen LogP contribution < -0.4 is 5.73 Å². The van der Waals surface area contributed by atoms with E-state index in [2.05, 4.69) is 36.1 Å². The molecule has 0 unspecified atom stereocenters. The van der Waals surface area contributed by atoms with Gasteiger partial charge in [-0.3, -0.25) is 4.90 Å². The fraction of sp³-hybridized carbons (Fsp3) is 0.500. The molecule has 1 rings (SSSR count). The zero-order chi connectivity index (χ0) is 13.4. The van der Waals surface area contributed by atoms with Crippen molar-refractivity contribution in [2.75, 3.05) is 26.8 Å². The summed E-state index contributed by atoms with van der Waals surface area (Å²) in [7, 11) is 1.72. The molecule has 1 aromatic carbocycles. The zero-order valence-corrected chi connectivity index (χ0v) is 12.0. The number of benzene rings is 1. The summed E-state index contributed by atoms with van der Waals surface area (Å²) in [5.41, 5.74) is 8.16. The van der Waals surface area contributed by atoms with Crippen LogP contribution in [0.4, 0.5) is 0 Å². The summed E-state index contributed by atoms with van der Waals surface area (Å²) >= 11 is 4.93. The molecule has 0 aliphatic carbocycles. The Labute approximate surface area is 115 Å². The number of hydrogen-bond donors (Lipinski definition) is 1. The largest absolute Gasteiger partial charge is 0.393 e. The highest BCUT2D eigenvalue weighted by molar-refractivity contribution is 7.80. The minimum Gasteiger partial charge on any atom is -0.393 e. The Hall–Kier alpha value is -0.970. The van der Waals surface area contributed by atoms with E-state index < -0.39 is 0 Å². The number of methoxy groups -OCH3 is 1. The van der Waals surface area contributed by atoms with Gasteiger partial charge >= 0.3 is 0 Å². The first-order chi connectivity index (χ1) is 8.61. The van der Waals surface area contributed by atoms with Crippen LogP contribution in [-0.2, 0) is 11.3 Å². The van der Waals surface area contributed by atoms with E-state index in [1.807, 2.05) is 0 Å². The molecule has 0 atom stereocenters. The predicted molar refractivity (Wildman–Crippen MR) is 79.7 cm³/mol. The Morgan fingerprint density at radius 2 is 2.17 bits per heavy atom. The highest BCUT2D eigenvalue weighted by Gasteiger charge is 2.06. The van der Waals surface area contributed by atoms with Gasteiger partial charge in [0.1, 0.15) is 0 Å². The lowest BCUT2D eigenvalue weighted by atomic mass is 10.1. The van der Waals surface area contributed by atoms with Crippen LogP contribution in [0.5, 0.6) is 0 Å². The van der Waals surface area contributed by atoms with Crippen LogP contribution in [0, 0.1) is 6.92 Å². The molecule has 0 fully saturated rings. The van der Waals surface area contributed by atoms with E-state index in [1.165, 1.54) is 11.1 Å². The Bertz CT molecular complexity index is 382. The lowest BCUT2D eigenvalue weighted by Crippen LogP contribution is -2.30. The van der Waals surface area contributed by atoms with Gasteiger partial charge in [-0.05, 0) is 12.5 Å². The standard InChI is InChI=1S/C14H22N2OS/c1-12-4-3-5-13(10-12)11-16(8-9-17-2)7-6-14(15)18/h3-5,10H,6-9,11H2,1-2H3,(H2,15,18). The third-order valence-electron chi connectivity index (χ3n) is 2.77. The molecule has 4 heteroatoms. The summed E-state index contributed by atoms with van der Waals surface area (Å²) in [4.78, 5) is 2.89. The smallest absolute Gasteiger partial charge is 0.0740 e.